The molecule has 0 amide bonds. The van der Waals surface area contributed by atoms with Crippen molar-refractivity contribution in [2.75, 3.05) is 19.9 Å². The Bertz CT molecular complexity index is 463. The molecule has 0 radical (unpaired) electrons. The molecule has 1 fully saturated rings. The van der Waals surface area contributed by atoms with Gasteiger partial charge < -0.3 is 15.8 Å². The number of nitrogens with two attached hydrogens (primary N) is 1. The lowest BCUT2D eigenvalue weighted by Gasteiger charge is -2.44. The summed E-state index contributed by atoms with van der Waals surface area (Å²) in [5.41, 5.74) is 8.12. The van der Waals surface area contributed by atoms with Gasteiger partial charge in [0.25, 0.3) is 0 Å². The zero-order chi connectivity index (χ0) is 14.8. The SMILES string of the molecule is CNC(c1cc(C)cnc1N)C1(OC)CCCC(C)C1. The van der Waals surface area contributed by atoms with Crippen molar-refractivity contribution in [3.8, 4) is 0 Å². The first-order valence-electron chi connectivity index (χ1n) is 7.47. The lowest BCUT2D eigenvalue weighted by molar-refractivity contribution is -0.0789. The first kappa shape index (κ1) is 15.3. The van der Waals surface area contributed by atoms with Crippen LogP contribution in [0.4, 0.5) is 5.82 Å². The topological polar surface area (TPSA) is 60.2 Å². The van der Waals surface area contributed by atoms with Crippen molar-refractivity contribution in [2.24, 2.45) is 5.92 Å². The first-order chi connectivity index (χ1) is 9.52. The van der Waals surface area contributed by atoms with Crippen LogP contribution >= 0.6 is 0 Å². The zero-order valence-corrected chi connectivity index (χ0v) is 13.1. The second-order valence-electron chi connectivity index (χ2n) is 6.18. The summed E-state index contributed by atoms with van der Waals surface area (Å²) in [5.74, 6) is 1.28. The van der Waals surface area contributed by atoms with Crippen LogP contribution in [-0.2, 0) is 4.74 Å². The lowest BCUT2D eigenvalue weighted by Crippen LogP contribution is -2.47. The maximum atomic E-state index is 6.11. The van der Waals surface area contributed by atoms with Crippen LogP contribution in [0.2, 0.25) is 0 Å². The van der Waals surface area contributed by atoms with Crippen molar-refractivity contribution in [2.45, 2.75) is 51.2 Å². The van der Waals surface area contributed by atoms with Gasteiger partial charge in [-0.3, -0.25) is 0 Å². The normalized spacial score (nSPS) is 28.3. The molecule has 4 nitrogen and oxygen atoms in total. The van der Waals surface area contributed by atoms with Gasteiger partial charge in [0.2, 0.25) is 0 Å². The third kappa shape index (κ3) is 2.81. The van der Waals surface area contributed by atoms with Gasteiger partial charge in [-0.1, -0.05) is 19.8 Å². The van der Waals surface area contributed by atoms with E-state index in [1.165, 1.54) is 12.8 Å². The van der Waals surface area contributed by atoms with E-state index in [2.05, 4.69) is 23.3 Å². The summed E-state index contributed by atoms with van der Waals surface area (Å²) in [6.07, 6.45) is 6.42. The largest absolute Gasteiger partial charge is 0.383 e. The van der Waals surface area contributed by atoms with Gasteiger partial charge in [-0.05, 0) is 44.4 Å². The molecule has 1 aromatic heterocycles. The van der Waals surface area contributed by atoms with Crippen molar-refractivity contribution in [3.63, 3.8) is 0 Å². The van der Waals surface area contributed by atoms with Crippen molar-refractivity contribution in [3.05, 3.63) is 23.4 Å². The Kier molecular flexibility index (Phi) is 4.66. The number of likely N-dealkylation sites (N-methyl/N-ethyl adjacent to an activating group) is 1. The van der Waals surface area contributed by atoms with E-state index in [4.69, 9.17) is 10.5 Å². The molecule has 3 N–H and O–H groups in total. The van der Waals surface area contributed by atoms with Gasteiger partial charge in [0.05, 0.1) is 11.6 Å². The molecule has 0 aliphatic heterocycles. The van der Waals surface area contributed by atoms with Crippen molar-refractivity contribution in [1.82, 2.24) is 10.3 Å². The molecule has 3 atom stereocenters. The van der Waals surface area contributed by atoms with Crippen LogP contribution in [0.5, 0.6) is 0 Å². The number of pyridine rings is 1. The number of nitrogens with zero attached hydrogens (tertiary/aromatic N) is 1. The quantitative estimate of drug-likeness (QED) is 0.888. The predicted molar refractivity (Wildman–Crippen MR) is 82.6 cm³/mol. The molecule has 3 unspecified atom stereocenters. The van der Waals surface area contributed by atoms with E-state index in [-0.39, 0.29) is 11.6 Å². The zero-order valence-electron chi connectivity index (χ0n) is 13.1. The standard InChI is InChI=1S/C16H27N3O/c1-11-6-5-7-16(9-11,20-4)14(18-3)13-8-12(2)10-19-15(13)17/h8,10-11,14,18H,5-7,9H2,1-4H3,(H2,17,19). The van der Waals surface area contributed by atoms with Gasteiger partial charge in [0, 0.05) is 18.9 Å². The summed E-state index contributed by atoms with van der Waals surface area (Å²) in [6, 6.07) is 2.21. The third-order valence-electron chi connectivity index (χ3n) is 4.61. The van der Waals surface area contributed by atoms with Gasteiger partial charge in [0.15, 0.2) is 0 Å². The van der Waals surface area contributed by atoms with E-state index in [0.29, 0.717) is 11.7 Å². The molecule has 0 aromatic carbocycles. The fourth-order valence-corrected chi connectivity index (χ4v) is 3.64. The fourth-order valence-electron chi connectivity index (χ4n) is 3.64. The number of aryl methyl sites for hydroxylation is 1. The summed E-state index contributed by atoms with van der Waals surface area (Å²) in [4.78, 5) is 4.31. The Labute approximate surface area is 122 Å². The van der Waals surface area contributed by atoms with Crippen LogP contribution < -0.4 is 11.1 Å². The Hall–Kier alpha value is -1.13. The Morgan fingerprint density at radius 2 is 2.30 bits per heavy atom. The number of methoxy groups -OCH3 is 1. The fraction of sp³-hybridized carbons (Fsp3) is 0.688. The number of hydrogen-bond donors (Lipinski definition) is 2. The molecule has 1 aromatic rings. The smallest absolute Gasteiger partial charge is 0.128 e. The Balaban J connectivity index is 2.41. The molecule has 0 spiro atoms. The Morgan fingerprint density at radius 3 is 2.90 bits per heavy atom. The predicted octanol–water partition coefficient (Wildman–Crippen LogP) is 2.83. The minimum Gasteiger partial charge on any atom is -0.383 e. The monoisotopic (exact) mass is 277 g/mol. The van der Waals surface area contributed by atoms with Gasteiger partial charge in [-0.25, -0.2) is 4.98 Å². The lowest BCUT2D eigenvalue weighted by atomic mass is 9.72. The van der Waals surface area contributed by atoms with E-state index >= 15 is 0 Å². The van der Waals surface area contributed by atoms with Crippen LogP contribution in [0.1, 0.15) is 49.8 Å². The minimum atomic E-state index is -0.185. The summed E-state index contributed by atoms with van der Waals surface area (Å²) in [5, 5.41) is 3.42. The number of ether oxygens (including phenoxy) is 1. The summed E-state index contributed by atoms with van der Waals surface area (Å²) >= 11 is 0. The van der Waals surface area contributed by atoms with Crippen LogP contribution in [0.25, 0.3) is 0 Å². The van der Waals surface area contributed by atoms with Crippen molar-refractivity contribution < 1.29 is 4.74 Å². The minimum absolute atomic E-state index is 0.0858. The molecule has 1 aliphatic rings. The molecular formula is C16H27N3O. The molecule has 0 bridgehead atoms. The van der Waals surface area contributed by atoms with Gasteiger partial charge >= 0.3 is 0 Å². The summed E-state index contributed by atoms with van der Waals surface area (Å²) in [7, 11) is 3.80. The van der Waals surface area contributed by atoms with Crippen LogP contribution in [0.3, 0.4) is 0 Å². The van der Waals surface area contributed by atoms with E-state index in [1.54, 1.807) is 0 Å². The highest BCUT2D eigenvalue weighted by Gasteiger charge is 2.43. The van der Waals surface area contributed by atoms with E-state index in [0.717, 1.165) is 24.0 Å². The highest BCUT2D eigenvalue weighted by molar-refractivity contribution is 5.44. The maximum Gasteiger partial charge on any atom is 0.128 e. The van der Waals surface area contributed by atoms with Crippen LogP contribution in [-0.4, -0.2) is 24.7 Å². The number of nitrogens with one attached hydrogen (secondary N) is 1. The number of aromatic nitrogens is 1. The highest BCUT2D eigenvalue weighted by Crippen LogP contribution is 2.44. The first-order valence-corrected chi connectivity index (χ1v) is 7.47. The molecule has 1 saturated carbocycles. The van der Waals surface area contributed by atoms with Gasteiger partial charge in [-0.2, -0.15) is 0 Å². The van der Waals surface area contributed by atoms with E-state index < -0.39 is 0 Å². The number of hydrogen-bond acceptors (Lipinski definition) is 4. The van der Waals surface area contributed by atoms with Crippen LogP contribution in [0.15, 0.2) is 12.3 Å². The number of rotatable bonds is 4. The van der Waals surface area contributed by atoms with Crippen LogP contribution in [0, 0.1) is 12.8 Å². The van der Waals surface area contributed by atoms with E-state index in [1.807, 2.05) is 27.3 Å². The second-order valence-corrected chi connectivity index (χ2v) is 6.18. The summed E-state index contributed by atoms with van der Waals surface area (Å²) < 4.78 is 6.01. The molecule has 1 heterocycles. The van der Waals surface area contributed by atoms with Crippen molar-refractivity contribution >= 4 is 5.82 Å². The highest BCUT2D eigenvalue weighted by atomic mass is 16.5. The molecule has 1 aliphatic carbocycles. The molecule has 112 valence electrons. The van der Waals surface area contributed by atoms with Gasteiger partial charge in [-0.15, -0.1) is 0 Å². The van der Waals surface area contributed by atoms with Crippen molar-refractivity contribution in [1.29, 1.82) is 0 Å². The maximum absolute atomic E-state index is 6.11. The molecule has 2 rings (SSSR count). The summed E-state index contributed by atoms with van der Waals surface area (Å²) in [6.45, 7) is 4.35. The molecule has 4 heteroatoms. The number of anilines is 1. The third-order valence-corrected chi connectivity index (χ3v) is 4.61. The average Bonchev–Trinajstić information content (AvgIpc) is 2.43. The van der Waals surface area contributed by atoms with E-state index in [9.17, 15) is 0 Å². The Morgan fingerprint density at radius 1 is 1.55 bits per heavy atom. The molecule has 20 heavy (non-hydrogen) atoms. The second kappa shape index (κ2) is 6.10. The molecule has 0 saturated heterocycles. The molecular weight excluding hydrogens is 250 g/mol. The average molecular weight is 277 g/mol. The number of nitrogen functional groups attached to an aromatic ring is 1. The van der Waals surface area contributed by atoms with Gasteiger partial charge in [0.1, 0.15) is 5.82 Å².